The van der Waals surface area contributed by atoms with Crippen molar-refractivity contribution in [3.8, 4) is 5.75 Å². The number of piperidine rings is 1. The van der Waals surface area contributed by atoms with E-state index in [1.165, 1.54) is 0 Å². The Bertz CT molecular complexity index is 665. The average molecular weight is 421 g/mol. The predicted molar refractivity (Wildman–Crippen MR) is 115 cm³/mol. The zero-order valence-corrected chi connectivity index (χ0v) is 18.7. The molecule has 0 saturated carbocycles. The Balaban J connectivity index is 1.45. The molecule has 168 valence electrons. The van der Waals surface area contributed by atoms with E-state index < -0.39 is 5.60 Å². The first kappa shape index (κ1) is 22.8. The van der Waals surface area contributed by atoms with Gasteiger partial charge in [0, 0.05) is 13.1 Å². The zero-order valence-electron chi connectivity index (χ0n) is 18.7. The average Bonchev–Trinajstić information content (AvgIpc) is 2.72. The molecule has 1 N–H and O–H groups in total. The minimum atomic E-state index is -0.462. The number of carbonyl (C=O) groups excluding carboxylic acids is 1. The first-order valence-electron chi connectivity index (χ1n) is 10.9. The number of nitrogens with zero attached hydrogens (tertiary/aromatic N) is 1. The molecule has 2 aliphatic rings. The molecule has 2 heterocycles. The minimum absolute atomic E-state index is 0.0172. The predicted octanol–water partition coefficient (Wildman–Crippen LogP) is 3.39. The molecule has 3 rings (SSSR count). The molecular formula is C23H36N2O5. The van der Waals surface area contributed by atoms with Gasteiger partial charge in [0.25, 0.3) is 0 Å². The monoisotopic (exact) mass is 420 g/mol. The maximum Gasteiger partial charge on any atom is 0.407 e. The Morgan fingerprint density at radius 1 is 1.13 bits per heavy atom. The number of carbonyl (C=O) groups is 1. The Kier molecular flexibility index (Phi) is 7.97. The van der Waals surface area contributed by atoms with Gasteiger partial charge in [0.2, 0.25) is 0 Å². The highest BCUT2D eigenvalue weighted by atomic mass is 16.6. The van der Waals surface area contributed by atoms with E-state index in [1.54, 1.807) is 7.11 Å². The Morgan fingerprint density at radius 2 is 1.80 bits per heavy atom. The van der Waals surface area contributed by atoms with Crippen LogP contribution in [-0.4, -0.2) is 69.2 Å². The van der Waals surface area contributed by atoms with Crippen LogP contribution in [0.15, 0.2) is 24.3 Å². The van der Waals surface area contributed by atoms with E-state index in [4.69, 9.17) is 18.9 Å². The van der Waals surface area contributed by atoms with Crippen LogP contribution >= 0.6 is 0 Å². The highest BCUT2D eigenvalue weighted by Crippen LogP contribution is 2.29. The van der Waals surface area contributed by atoms with Crippen LogP contribution in [0.3, 0.4) is 0 Å². The maximum atomic E-state index is 11.9. The summed E-state index contributed by atoms with van der Waals surface area (Å²) in [7, 11) is 1.67. The van der Waals surface area contributed by atoms with Crippen molar-refractivity contribution in [3.05, 3.63) is 29.8 Å². The lowest BCUT2D eigenvalue weighted by Crippen LogP contribution is -2.46. The van der Waals surface area contributed by atoms with Gasteiger partial charge in [-0.25, -0.2) is 4.79 Å². The molecule has 30 heavy (non-hydrogen) atoms. The lowest BCUT2D eigenvalue weighted by atomic mass is 9.95. The summed E-state index contributed by atoms with van der Waals surface area (Å²) >= 11 is 0. The van der Waals surface area contributed by atoms with Crippen molar-refractivity contribution in [2.45, 2.75) is 51.4 Å². The number of nitrogens with one attached hydrogen (secondary N) is 1. The molecule has 0 bridgehead atoms. The quantitative estimate of drug-likeness (QED) is 0.761. The molecule has 0 spiro atoms. The SMILES string of the molecule is COc1ccc(C2OCCOC2CN2CCC(CNC(=O)OC(C)(C)C)CC2)cc1. The summed E-state index contributed by atoms with van der Waals surface area (Å²) in [6, 6.07) is 8.04. The molecule has 2 unspecified atom stereocenters. The van der Waals surface area contributed by atoms with Crippen molar-refractivity contribution < 1.29 is 23.7 Å². The molecule has 7 heteroatoms. The molecule has 1 aromatic carbocycles. The van der Waals surface area contributed by atoms with Crippen molar-refractivity contribution in [2.24, 2.45) is 5.92 Å². The third kappa shape index (κ3) is 6.86. The van der Waals surface area contributed by atoms with Gasteiger partial charge in [-0.2, -0.15) is 0 Å². The van der Waals surface area contributed by atoms with E-state index in [1.807, 2.05) is 32.9 Å². The molecule has 2 aliphatic heterocycles. The summed E-state index contributed by atoms with van der Waals surface area (Å²) in [6.07, 6.45) is 1.73. The zero-order chi connectivity index (χ0) is 21.6. The van der Waals surface area contributed by atoms with Crippen LogP contribution < -0.4 is 10.1 Å². The van der Waals surface area contributed by atoms with Crippen molar-refractivity contribution in [1.82, 2.24) is 10.2 Å². The van der Waals surface area contributed by atoms with Gasteiger partial charge in [0.15, 0.2) is 0 Å². The molecule has 7 nitrogen and oxygen atoms in total. The summed E-state index contributed by atoms with van der Waals surface area (Å²) in [4.78, 5) is 14.3. The van der Waals surface area contributed by atoms with Crippen LogP contribution in [-0.2, 0) is 14.2 Å². The van der Waals surface area contributed by atoms with Crippen LogP contribution in [0.2, 0.25) is 0 Å². The van der Waals surface area contributed by atoms with Crippen LogP contribution in [0.1, 0.15) is 45.3 Å². The summed E-state index contributed by atoms with van der Waals surface area (Å²) < 4.78 is 22.7. The smallest absolute Gasteiger partial charge is 0.407 e. The van der Waals surface area contributed by atoms with Crippen LogP contribution in [0.4, 0.5) is 4.79 Å². The van der Waals surface area contributed by atoms with E-state index in [0.29, 0.717) is 25.7 Å². The third-order valence-electron chi connectivity index (χ3n) is 5.57. The molecule has 2 saturated heterocycles. The van der Waals surface area contributed by atoms with Gasteiger partial charge in [-0.05, 0) is 70.3 Å². The topological polar surface area (TPSA) is 69.3 Å². The summed E-state index contributed by atoms with van der Waals surface area (Å²) in [5, 5.41) is 2.91. The third-order valence-corrected chi connectivity index (χ3v) is 5.57. The van der Waals surface area contributed by atoms with E-state index >= 15 is 0 Å². The van der Waals surface area contributed by atoms with Gasteiger partial charge in [-0.3, -0.25) is 0 Å². The highest BCUT2D eigenvalue weighted by molar-refractivity contribution is 5.67. The molecule has 0 aromatic heterocycles. The number of benzene rings is 1. The second kappa shape index (κ2) is 10.5. The van der Waals surface area contributed by atoms with E-state index in [-0.39, 0.29) is 18.3 Å². The van der Waals surface area contributed by atoms with Crippen LogP contribution in [0.25, 0.3) is 0 Å². The normalized spacial score (nSPS) is 23.7. The fraction of sp³-hybridized carbons (Fsp3) is 0.696. The second-order valence-corrected chi connectivity index (χ2v) is 9.10. The maximum absolute atomic E-state index is 11.9. The van der Waals surface area contributed by atoms with E-state index in [0.717, 1.165) is 43.8 Å². The lowest BCUT2D eigenvalue weighted by Gasteiger charge is -2.38. The number of amides is 1. The Labute approximate surface area is 180 Å². The van der Waals surface area contributed by atoms with Gasteiger partial charge in [0.05, 0.1) is 20.3 Å². The van der Waals surface area contributed by atoms with Gasteiger partial charge in [-0.15, -0.1) is 0 Å². The lowest BCUT2D eigenvalue weighted by molar-refractivity contribution is -0.150. The molecule has 0 aliphatic carbocycles. The molecule has 2 atom stereocenters. The molecule has 0 radical (unpaired) electrons. The summed E-state index contributed by atoms with van der Waals surface area (Å²) in [5.74, 6) is 1.32. The van der Waals surface area contributed by atoms with Gasteiger partial charge < -0.3 is 29.2 Å². The Morgan fingerprint density at radius 3 is 2.43 bits per heavy atom. The summed E-state index contributed by atoms with van der Waals surface area (Å²) in [5.41, 5.74) is 0.660. The summed E-state index contributed by atoms with van der Waals surface area (Å²) in [6.45, 7) is 10.4. The van der Waals surface area contributed by atoms with Gasteiger partial charge in [-0.1, -0.05) is 12.1 Å². The van der Waals surface area contributed by atoms with Crippen molar-refractivity contribution in [3.63, 3.8) is 0 Å². The van der Waals surface area contributed by atoms with Crippen molar-refractivity contribution >= 4 is 6.09 Å². The molecule has 2 fully saturated rings. The number of rotatable bonds is 6. The standard InChI is InChI=1S/C23H36N2O5/c1-23(2,3)30-22(26)24-15-17-9-11-25(12-10-17)16-20-21(29-14-13-28-20)18-5-7-19(27-4)8-6-18/h5-8,17,20-21H,9-16H2,1-4H3,(H,24,26). The largest absolute Gasteiger partial charge is 0.497 e. The number of likely N-dealkylation sites (tertiary alicyclic amines) is 1. The fourth-order valence-electron chi connectivity index (χ4n) is 3.99. The molecule has 1 aromatic rings. The first-order chi connectivity index (χ1) is 14.3. The van der Waals surface area contributed by atoms with Crippen molar-refractivity contribution in [2.75, 3.05) is 46.5 Å². The number of ether oxygens (including phenoxy) is 4. The second-order valence-electron chi connectivity index (χ2n) is 9.10. The van der Waals surface area contributed by atoms with E-state index in [2.05, 4.69) is 22.3 Å². The minimum Gasteiger partial charge on any atom is -0.497 e. The molecule has 1 amide bonds. The Hall–Kier alpha value is -1.83. The van der Waals surface area contributed by atoms with Crippen molar-refractivity contribution in [1.29, 1.82) is 0 Å². The number of alkyl carbamates (subject to hydrolysis) is 1. The number of hydrogen-bond acceptors (Lipinski definition) is 6. The van der Waals surface area contributed by atoms with E-state index in [9.17, 15) is 4.79 Å². The highest BCUT2D eigenvalue weighted by Gasteiger charge is 2.31. The first-order valence-corrected chi connectivity index (χ1v) is 10.9. The van der Waals surface area contributed by atoms with Gasteiger partial charge >= 0.3 is 6.09 Å². The van der Waals surface area contributed by atoms with Gasteiger partial charge in [0.1, 0.15) is 23.6 Å². The van der Waals surface area contributed by atoms with Crippen LogP contribution in [0.5, 0.6) is 5.75 Å². The number of methoxy groups -OCH3 is 1. The molecular weight excluding hydrogens is 384 g/mol. The number of hydrogen-bond donors (Lipinski definition) is 1. The van der Waals surface area contributed by atoms with Crippen LogP contribution in [0, 0.1) is 5.92 Å². The fourth-order valence-corrected chi connectivity index (χ4v) is 3.99.